The number of nitro benzene ring substituents is 1. The number of nitro groups is 1. The molecule has 0 aromatic heterocycles. The molecule has 1 N–H and O–H groups in total. The van der Waals surface area contributed by atoms with Crippen molar-refractivity contribution in [2.75, 3.05) is 12.9 Å². The maximum absolute atomic E-state index is 12.5. The van der Waals surface area contributed by atoms with Gasteiger partial charge in [-0.15, -0.1) is 11.8 Å². The van der Waals surface area contributed by atoms with Crippen LogP contribution in [0.15, 0.2) is 76.0 Å². The van der Waals surface area contributed by atoms with Gasteiger partial charge in [0.05, 0.1) is 29.6 Å². The standard InChI is InChI=1S/C23H21N3O4S/c1-14-8-4-7-11-20(14)31-13-18-17(12-24)21(15(2)22(25-18)23(27)30-3)16-9-5-6-10-19(16)26(28)29/h4-11,21,25H,13H2,1-3H3. The number of carbonyl (C=O) groups is 1. The highest BCUT2D eigenvalue weighted by Gasteiger charge is 2.35. The highest BCUT2D eigenvalue weighted by molar-refractivity contribution is 7.99. The molecule has 1 atom stereocenters. The number of methoxy groups -OCH3 is 1. The first kappa shape index (κ1) is 22.1. The number of rotatable bonds is 6. The molecule has 0 spiro atoms. The number of ether oxygens (including phenoxy) is 1. The van der Waals surface area contributed by atoms with Crippen molar-refractivity contribution in [3.05, 3.63) is 92.3 Å². The molecular weight excluding hydrogens is 414 g/mol. The lowest BCUT2D eigenvalue weighted by molar-refractivity contribution is -0.385. The van der Waals surface area contributed by atoms with Gasteiger partial charge >= 0.3 is 5.97 Å². The Kier molecular flexibility index (Phi) is 6.78. The van der Waals surface area contributed by atoms with E-state index in [0.717, 1.165) is 10.5 Å². The normalized spacial score (nSPS) is 15.9. The van der Waals surface area contributed by atoms with Crippen molar-refractivity contribution in [2.24, 2.45) is 0 Å². The molecule has 2 aromatic rings. The average Bonchev–Trinajstić information content (AvgIpc) is 2.78. The number of carbonyl (C=O) groups excluding carboxylic acids is 1. The molecule has 1 heterocycles. The fourth-order valence-electron chi connectivity index (χ4n) is 3.57. The van der Waals surface area contributed by atoms with Gasteiger partial charge in [0.25, 0.3) is 5.69 Å². The van der Waals surface area contributed by atoms with Crippen LogP contribution >= 0.6 is 11.8 Å². The summed E-state index contributed by atoms with van der Waals surface area (Å²) in [5.41, 5.74) is 2.94. The number of allylic oxidation sites excluding steroid dienone is 2. The van der Waals surface area contributed by atoms with Gasteiger partial charge in [0, 0.05) is 28.0 Å². The summed E-state index contributed by atoms with van der Waals surface area (Å²) >= 11 is 1.52. The maximum atomic E-state index is 12.5. The fraction of sp³-hybridized carbons (Fsp3) is 0.217. The van der Waals surface area contributed by atoms with E-state index in [0.29, 0.717) is 28.2 Å². The van der Waals surface area contributed by atoms with Crippen molar-refractivity contribution in [2.45, 2.75) is 24.7 Å². The molecule has 7 nitrogen and oxygen atoms in total. The lowest BCUT2D eigenvalue weighted by Gasteiger charge is -2.29. The molecule has 0 amide bonds. The van der Waals surface area contributed by atoms with E-state index >= 15 is 0 Å². The molecule has 0 saturated heterocycles. The Balaban J connectivity index is 2.12. The van der Waals surface area contributed by atoms with E-state index in [1.807, 2.05) is 31.2 Å². The number of benzene rings is 2. The quantitative estimate of drug-likeness (QED) is 0.306. The first-order valence-corrected chi connectivity index (χ1v) is 10.5. The summed E-state index contributed by atoms with van der Waals surface area (Å²) in [7, 11) is 1.27. The van der Waals surface area contributed by atoms with E-state index in [1.54, 1.807) is 25.1 Å². The van der Waals surface area contributed by atoms with Crippen LogP contribution in [0, 0.1) is 28.4 Å². The molecule has 0 saturated carbocycles. The first-order valence-electron chi connectivity index (χ1n) is 9.50. The van der Waals surface area contributed by atoms with Gasteiger partial charge in [0.2, 0.25) is 0 Å². The van der Waals surface area contributed by atoms with Crippen molar-refractivity contribution in [3.63, 3.8) is 0 Å². The zero-order chi connectivity index (χ0) is 22.5. The SMILES string of the molecule is COC(=O)C1=C(C)C(c2ccccc2[N+](=O)[O-])C(C#N)=C(CSc2ccccc2C)N1. The lowest BCUT2D eigenvalue weighted by atomic mass is 9.81. The Morgan fingerprint density at radius 2 is 1.90 bits per heavy atom. The van der Waals surface area contributed by atoms with Crippen LogP contribution < -0.4 is 5.32 Å². The summed E-state index contributed by atoms with van der Waals surface area (Å²) in [6.45, 7) is 3.68. The van der Waals surface area contributed by atoms with E-state index in [1.165, 1.54) is 24.9 Å². The van der Waals surface area contributed by atoms with Crippen molar-refractivity contribution in [3.8, 4) is 6.07 Å². The fourth-order valence-corrected chi connectivity index (χ4v) is 4.56. The summed E-state index contributed by atoms with van der Waals surface area (Å²) in [6, 6.07) is 16.4. The number of dihydropyridines is 1. The predicted octanol–water partition coefficient (Wildman–Crippen LogP) is 4.61. The highest BCUT2D eigenvalue weighted by Crippen LogP contribution is 2.42. The van der Waals surface area contributed by atoms with Gasteiger partial charge in [-0.25, -0.2) is 4.79 Å². The summed E-state index contributed by atoms with van der Waals surface area (Å²) in [4.78, 5) is 24.7. The number of thioether (sulfide) groups is 1. The minimum atomic E-state index is -0.727. The number of aryl methyl sites for hydroxylation is 1. The number of hydrogen-bond donors (Lipinski definition) is 1. The van der Waals surface area contributed by atoms with E-state index in [9.17, 15) is 20.2 Å². The second kappa shape index (κ2) is 9.49. The van der Waals surface area contributed by atoms with E-state index in [2.05, 4.69) is 11.4 Å². The molecule has 8 heteroatoms. The number of esters is 1. The van der Waals surface area contributed by atoms with Gasteiger partial charge < -0.3 is 10.1 Å². The largest absolute Gasteiger partial charge is 0.464 e. The molecule has 0 aliphatic carbocycles. The second-order valence-corrected chi connectivity index (χ2v) is 8.00. The van der Waals surface area contributed by atoms with E-state index < -0.39 is 16.8 Å². The monoisotopic (exact) mass is 435 g/mol. The van der Waals surface area contributed by atoms with Crippen molar-refractivity contribution >= 4 is 23.4 Å². The third kappa shape index (κ3) is 4.47. The molecule has 3 rings (SSSR count). The number of nitrogens with zero attached hydrogens (tertiary/aromatic N) is 2. The third-order valence-corrected chi connectivity index (χ3v) is 6.34. The second-order valence-electron chi connectivity index (χ2n) is 6.98. The van der Waals surface area contributed by atoms with E-state index in [-0.39, 0.29) is 11.4 Å². The topological polar surface area (TPSA) is 105 Å². The Morgan fingerprint density at radius 3 is 2.55 bits per heavy atom. The van der Waals surface area contributed by atoms with Crippen LogP contribution in [0.5, 0.6) is 0 Å². The van der Waals surface area contributed by atoms with Gasteiger partial charge in [-0.05, 0) is 31.1 Å². The minimum Gasteiger partial charge on any atom is -0.464 e. The summed E-state index contributed by atoms with van der Waals surface area (Å²) in [5, 5.41) is 24.7. The molecule has 1 aliphatic heterocycles. The summed E-state index contributed by atoms with van der Waals surface area (Å²) < 4.78 is 4.92. The molecule has 158 valence electrons. The average molecular weight is 436 g/mol. The zero-order valence-corrected chi connectivity index (χ0v) is 18.2. The van der Waals surface area contributed by atoms with Crippen molar-refractivity contribution < 1.29 is 14.5 Å². The Hall–Kier alpha value is -3.57. The zero-order valence-electron chi connectivity index (χ0n) is 17.3. The highest BCUT2D eigenvalue weighted by atomic mass is 32.2. The van der Waals surface area contributed by atoms with Crippen LogP contribution in [0.25, 0.3) is 0 Å². The van der Waals surface area contributed by atoms with Gasteiger partial charge in [0.15, 0.2) is 0 Å². The molecule has 2 aromatic carbocycles. The Labute approximate surface area is 184 Å². The van der Waals surface area contributed by atoms with Gasteiger partial charge in [-0.2, -0.15) is 5.26 Å². The smallest absolute Gasteiger partial charge is 0.354 e. The number of hydrogen-bond acceptors (Lipinski definition) is 7. The van der Waals surface area contributed by atoms with Crippen LogP contribution in [0.3, 0.4) is 0 Å². The maximum Gasteiger partial charge on any atom is 0.354 e. The Morgan fingerprint density at radius 1 is 1.23 bits per heavy atom. The molecule has 0 radical (unpaired) electrons. The first-order chi connectivity index (χ1) is 14.9. The van der Waals surface area contributed by atoms with Crippen LogP contribution in [0.2, 0.25) is 0 Å². The van der Waals surface area contributed by atoms with Crippen molar-refractivity contribution in [1.29, 1.82) is 5.26 Å². The van der Waals surface area contributed by atoms with Crippen LogP contribution in [-0.4, -0.2) is 23.8 Å². The molecule has 31 heavy (non-hydrogen) atoms. The Bertz CT molecular complexity index is 1150. The molecule has 1 aliphatic rings. The molecular formula is C23H21N3O4S. The molecule has 0 fully saturated rings. The summed E-state index contributed by atoms with van der Waals surface area (Å²) in [5.74, 6) is -0.926. The van der Waals surface area contributed by atoms with Gasteiger partial charge in [0.1, 0.15) is 5.70 Å². The third-order valence-electron chi connectivity index (χ3n) is 5.14. The lowest BCUT2D eigenvalue weighted by Crippen LogP contribution is -2.31. The minimum absolute atomic E-state index is 0.100. The summed E-state index contributed by atoms with van der Waals surface area (Å²) in [6.07, 6.45) is 0. The number of para-hydroxylation sites is 1. The van der Waals surface area contributed by atoms with Crippen LogP contribution in [-0.2, 0) is 9.53 Å². The number of nitriles is 1. The molecule has 0 bridgehead atoms. The molecule has 1 unspecified atom stereocenters. The number of nitrogens with one attached hydrogen (secondary N) is 1. The van der Waals surface area contributed by atoms with Crippen LogP contribution in [0.4, 0.5) is 5.69 Å². The van der Waals surface area contributed by atoms with Gasteiger partial charge in [-0.1, -0.05) is 36.4 Å². The van der Waals surface area contributed by atoms with E-state index in [4.69, 9.17) is 4.74 Å². The van der Waals surface area contributed by atoms with Crippen molar-refractivity contribution in [1.82, 2.24) is 5.32 Å². The predicted molar refractivity (Wildman–Crippen MR) is 118 cm³/mol. The van der Waals surface area contributed by atoms with Gasteiger partial charge in [-0.3, -0.25) is 10.1 Å². The van der Waals surface area contributed by atoms with Crippen LogP contribution in [0.1, 0.15) is 24.0 Å².